The van der Waals surface area contributed by atoms with Crippen molar-refractivity contribution in [2.45, 2.75) is 125 Å². The van der Waals surface area contributed by atoms with E-state index in [2.05, 4.69) is 82.6 Å². The average molecular weight is 536 g/mol. The van der Waals surface area contributed by atoms with E-state index in [0.29, 0.717) is 18.6 Å². The van der Waals surface area contributed by atoms with Crippen molar-refractivity contribution in [1.82, 2.24) is 15.1 Å². The Bertz CT molecular complexity index is 847. The van der Waals surface area contributed by atoms with E-state index in [0.717, 1.165) is 48.0 Å². The molecule has 37 heavy (non-hydrogen) atoms. The molecule has 0 saturated carbocycles. The van der Waals surface area contributed by atoms with Crippen LogP contribution in [0.15, 0.2) is 24.3 Å². The summed E-state index contributed by atoms with van der Waals surface area (Å²) in [6.45, 7) is 21.1. The van der Waals surface area contributed by atoms with Crippen LogP contribution in [-0.4, -0.2) is 52.2 Å². The molecule has 1 fully saturated rings. The molecule has 3 rings (SSSR count). The summed E-state index contributed by atoms with van der Waals surface area (Å²) in [5.41, 5.74) is 1.47. The normalized spacial score (nSPS) is 16.7. The van der Waals surface area contributed by atoms with Crippen LogP contribution in [0.25, 0.3) is 0 Å². The van der Waals surface area contributed by atoms with Crippen molar-refractivity contribution in [1.29, 1.82) is 0 Å². The van der Waals surface area contributed by atoms with Crippen LogP contribution in [0.2, 0.25) is 0 Å². The van der Waals surface area contributed by atoms with E-state index in [1.54, 1.807) is 18.4 Å². The molecule has 2 atom stereocenters. The van der Waals surface area contributed by atoms with Gasteiger partial charge in [0.1, 0.15) is 22.0 Å². The van der Waals surface area contributed by atoms with Crippen molar-refractivity contribution in [3.05, 3.63) is 39.8 Å². The fourth-order valence-electron chi connectivity index (χ4n) is 3.94. The van der Waals surface area contributed by atoms with Gasteiger partial charge in [0.25, 0.3) is 0 Å². The van der Waals surface area contributed by atoms with E-state index in [9.17, 15) is 5.11 Å². The van der Waals surface area contributed by atoms with Gasteiger partial charge < -0.3 is 14.6 Å². The first-order valence-electron chi connectivity index (χ1n) is 13.9. The van der Waals surface area contributed by atoms with Crippen LogP contribution < -0.4 is 4.74 Å². The maximum atomic E-state index is 9.19. The Morgan fingerprint density at radius 1 is 1.08 bits per heavy atom. The topological polar surface area (TPSA) is 67.7 Å². The molecule has 0 spiro atoms. The van der Waals surface area contributed by atoms with E-state index in [-0.39, 0.29) is 17.7 Å². The number of likely N-dealkylation sites (tertiary alicyclic amines) is 1. The molecule has 212 valence electrons. The first kappa shape index (κ1) is 33.5. The van der Waals surface area contributed by atoms with Gasteiger partial charge in [-0.2, -0.15) is 0 Å². The third-order valence-corrected chi connectivity index (χ3v) is 7.47. The van der Waals surface area contributed by atoms with Gasteiger partial charge >= 0.3 is 0 Å². The quantitative estimate of drug-likeness (QED) is 0.359. The van der Waals surface area contributed by atoms with Gasteiger partial charge in [0.05, 0.1) is 19.8 Å². The Morgan fingerprint density at radius 2 is 1.73 bits per heavy atom. The second-order valence-corrected chi connectivity index (χ2v) is 12.6. The predicted octanol–water partition coefficient (Wildman–Crippen LogP) is 7.46. The third-order valence-electron chi connectivity index (χ3n) is 6.10. The largest absolute Gasteiger partial charge is 0.497 e. The number of aliphatic hydroxyl groups is 1. The summed E-state index contributed by atoms with van der Waals surface area (Å²) >= 11 is 1.72. The number of aliphatic hydroxyl groups excluding tert-OH is 1. The molecular weight excluding hydrogens is 482 g/mol. The lowest BCUT2D eigenvalue weighted by Crippen LogP contribution is -2.37. The van der Waals surface area contributed by atoms with Gasteiger partial charge in [-0.3, -0.25) is 4.90 Å². The molecule has 6 nitrogen and oxygen atoms in total. The number of hydrogen-bond acceptors (Lipinski definition) is 7. The van der Waals surface area contributed by atoms with Crippen LogP contribution in [-0.2, 0) is 17.8 Å². The summed E-state index contributed by atoms with van der Waals surface area (Å²) in [5.74, 6) is 1.42. The third kappa shape index (κ3) is 13.7. The van der Waals surface area contributed by atoms with Gasteiger partial charge in [-0.05, 0) is 69.1 Å². The Labute approximate surface area is 230 Å². The van der Waals surface area contributed by atoms with Crippen LogP contribution >= 0.6 is 11.3 Å². The van der Waals surface area contributed by atoms with Crippen molar-refractivity contribution in [2.24, 2.45) is 5.41 Å². The monoisotopic (exact) mass is 535 g/mol. The number of rotatable bonds is 9. The van der Waals surface area contributed by atoms with E-state index in [1.807, 2.05) is 19.1 Å². The second-order valence-electron chi connectivity index (χ2n) is 11.5. The second kappa shape index (κ2) is 17.1. The molecule has 0 bridgehead atoms. The number of aromatic nitrogens is 2. The Balaban J connectivity index is 0.000000306. The summed E-state index contributed by atoms with van der Waals surface area (Å²) in [6.07, 6.45) is 5.35. The van der Waals surface area contributed by atoms with Crippen molar-refractivity contribution >= 4 is 11.3 Å². The van der Waals surface area contributed by atoms with Crippen LogP contribution in [0.4, 0.5) is 0 Å². The lowest BCUT2D eigenvalue weighted by molar-refractivity contribution is -0.0573. The number of hydrogen-bond donors (Lipinski definition) is 1. The van der Waals surface area contributed by atoms with Crippen LogP contribution in [0, 0.1) is 5.41 Å². The zero-order valence-electron chi connectivity index (χ0n) is 25.1. The zero-order valence-corrected chi connectivity index (χ0v) is 25.9. The molecule has 7 heteroatoms. The highest BCUT2D eigenvalue weighted by Gasteiger charge is 2.26. The van der Waals surface area contributed by atoms with E-state index >= 15 is 0 Å². The minimum absolute atomic E-state index is 0.106. The van der Waals surface area contributed by atoms with Gasteiger partial charge in [0.15, 0.2) is 0 Å². The summed E-state index contributed by atoms with van der Waals surface area (Å²) in [7, 11) is 1.69. The predicted molar refractivity (Wildman–Crippen MR) is 156 cm³/mol. The van der Waals surface area contributed by atoms with Crippen LogP contribution in [0.1, 0.15) is 109 Å². The number of nitrogens with zero attached hydrogens (tertiary/aromatic N) is 3. The molecule has 1 aliphatic rings. The van der Waals surface area contributed by atoms with E-state index in [4.69, 9.17) is 9.47 Å². The number of ether oxygens (including phenoxy) is 2. The molecule has 0 unspecified atom stereocenters. The number of benzene rings is 1. The Kier molecular flexibility index (Phi) is 15.5. The highest BCUT2D eigenvalue weighted by atomic mass is 32.1. The van der Waals surface area contributed by atoms with Gasteiger partial charge in [-0.1, -0.05) is 60.6 Å². The molecule has 0 amide bonds. The molecule has 2 heterocycles. The maximum Gasteiger partial charge on any atom is 0.119 e. The van der Waals surface area contributed by atoms with Gasteiger partial charge in [-0.25, -0.2) is 0 Å². The molecule has 1 N–H and O–H groups in total. The molecule has 1 aromatic carbocycles. The zero-order chi connectivity index (χ0) is 28.0. The van der Waals surface area contributed by atoms with E-state index < -0.39 is 0 Å². The lowest BCUT2D eigenvalue weighted by Gasteiger charge is -2.28. The van der Waals surface area contributed by atoms with Crippen LogP contribution in [0.5, 0.6) is 5.75 Å². The SMILES string of the molecule is CC[C@H](O)CC(C)(C)C.CCc1nnc(C(C)C)s1.COc1ccc(CO[C@H]2CCCN2C(C)C)cc1. The van der Waals surface area contributed by atoms with E-state index in [1.165, 1.54) is 12.0 Å². The van der Waals surface area contributed by atoms with Crippen molar-refractivity contribution in [2.75, 3.05) is 13.7 Å². The minimum Gasteiger partial charge on any atom is -0.497 e. The molecule has 0 radical (unpaired) electrons. The molecule has 1 aliphatic heterocycles. The van der Waals surface area contributed by atoms with Crippen LogP contribution in [0.3, 0.4) is 0 Å². The van der Waals surface area contributed by atoms with Crippen molar-refractivity contribution in [3.8, 4) is 5.75 Å². The summed E-state index contributed by atoms with van der Waals surface area (Å²) in [4.78, 5) is 2.43. The minimum atomic E-state index is -0.106. The highest BCUT2D eigenvalue weighted by Crippen LogP contribution is 2.23. The van der Waals surface area contributed by atoms with Crippen molar-refractivity contribution in [3.63, 3.8) is 0 Å². The molecule has 2 aromatic rings. The average Bonchev–Trinajstić information content (AvgIpc) is 3.52. The lowest BCUT2D eigenvalue weighted by atomic mass is 9.88. The first-order chi connectivity index (χ1) is 17.4. The molecule has 0 aliphatic carbocycles. The molecular formula is C30H53N3O3S. The standard InChI is InChI=1S/C15H23NO2.C8H18O.C7H12N2S/c1-12(2)16-10-4-5-15(16)18-11-13-6-8-14(17-3)9-7-13;1-5-7(9)6-8(2,3)4;1-4-6-8-9-7(10-6)5(2)3/h6-9,12,15H,4-5,10-11H2,1-3H3;7,9H,5-6H2,1-4H3;5H,4H2,1-3H3/t15-;7-;/m00./s1. The fraction of sp³-hybridized carbons (Fsp3) is 0.733. The van der Waals surface area contributed by atoms with Gasteiger partial charge in [-0.15, -0.1) is 21.5 Å². The van der Waals surface area contributed by atoms with Gasteiger partial charge in [0, 0.05) is 18.5 Å². The Morgan fingerprint density at radius 3 is 2.14 bits per heavy atom. The highest BCUT2D eigenvalue weighted by molar-refractivity contribution is 7.11. The van der Waals surface area contributed by atoms with Crippen molar-refractivity contribution < 1.29 is 14.6 Å². The Hall–Kier alpha value is -1.54. The summed E-state index contributed by atoms with van der Waals surface area (Å²) in [6, 6.07) is 8.65. The summed E-state index contributed by atoms with van der Waals surface area (Å²) in [5, 5.41) is 19.6. The number of aryl methyl sites for hydroxylation is 1. The molecule has 1 saturated heterocycles. The maximum absolute atomic E-state index is 9.19. The first-order valence-corrected chi connectivity index (χ1v) is 14.7. The molecule has 1 aromatic heterocycles. The number of methoxy groups -OCH3 is 1. The summed E-state index contributed by atoms with van der Waals surface area (Å²) < 4.78 is 11.2. The fourth-order valence-corrected chi connectivity index (χ4v) is 4.72. The van der Waals surface area contributed by atoms with Gasteiger partial charge in [0.2, 0.25) is 0 Å². The smallest absolute Gasteiger partial charge is 0.119 e.